The lowest BCUT2D eigenvalue weighted by atomic mass is 10.0. The minimum Gasteiger partial charge on any atom is -0.374 e. The zero-order valence-electron chi connectivity index (χ0n) is 24.8. The zero-order chi connectivity index (χ0) is 32.7. The molecule has 0 aliphatic carbocycles. The van der Waals surface area contributed by atoms with Crippen LogP contribution in [0.3, 0.4) is 0 Å². The van der Waals surface area contributed by atoms with E-state index in [4.69, 9.17) is 18.9 Å². The van der Waals surface area contributed by atoms with Crippen molar-refractivity contribution in [3.05, 3.63) is 131 Å². The molecule has 244 valence electrons. The van der Waals surface area contributed by atoms with Gasteiger partial charge in [0, 0.05) is 6.42 Å². The minimum absolute atomic E-state index is 0.0265. The SMILES string of the molecule is Cc1nc(CC2OC(COCc3ccccc3)C(OCc3ccccc3)C2OCc2ccccc2)c(F)c(C(F)(F)C(F)(F)F)n1. The number of aryl methyl sites for hydroxylation is 1. The van der Waals surface area contributed by atoms with Crippen molar-refractivity contribution in [1.82, 2.24) is 9.97 Å². The number of nitrogens with zero attached hydrogens (tertiary/aromatic N) is 2. The summed E-state index contributed by atoms with van der Waals surface area (Å²) in [5.74, 6) is -7.84. The first kappa shape index (κ1) is 33.5. The molecular formula is C34H32F6N2O4. The van der Waals surface area contributed by atoms with E-state index in [9.17, 15) is 22.0 Å². The highest BCUT2D eigenvalue weighted by atomic mass is 19.4. The van der Waals surface area contributed by atoms with Crippen molar-refractivity contribution >= 4 is 0 Å². The van der Waals surface area contributed by atoms with Crippen molar-refractivity contribution in [3.63, 3.8) is 0 Å². The Hall–Kier alpha value is -3.84. The molecular weight excluding hydrogens is 614 g/mol. The lowest BCUT2D eigenvalue weighted by molar-refractivity contribution is -0.292. The van der Waals surface area contributed by atoms with E-state index >= 15 is 4.39 Å². The fourth-order valence-electron chi connectivity index (χ4n) is 5.19. The second-order valence-electron chi connectivity index (χ2n) is 10.9. The van der Waals surface area contributed by atoms with Gasteiger partial charge in [0.25, 0.3) is 0 Å². The molecule has 1 aromatic heterocycles. The number of hydrogen-bond acceptors (Lipinski definition) is 6. The molecule has 0 radical (unpaired) electrons. The predicted octanol–water partition coefficient (Wildman–Crippen LogP) is 7.28. The highest BCUT2D eigenvalue weighted by molar-refractivity contribution is 5.22. The summed E-state index contributed by atoms with van der Waals surface area (Å²) in [6.07, 6.45) is -10.1. The van der Waals surface area contributed by atoms with E-state index in [0.717, 1.165) is 23.6 Å². The van der Waals surface area contributed by atoms with Crippen LogP contribution < -0.4 is 0 Å². The first-order chi connectivity index (χ1) is 22.0. The molecule has 1 aliphatic heterocycles. The summed E-state index contributed by atoms with van der Waals surface area (Å²) in [4.78, 5) is 7.03. The number of ether oxygens (including phenoxy) is 4. The second kappa shape index (κ2) is 14.7. The molecule has 46 heavy (non-hydrogen) atoms. The van der Waals surface area contributed by atoms with Gasteiger partial charge in [-0.15, -0.1) is 0 Å². The smallest absolute Gasteiger partial charge is 0.374 e. The van der Waals surface area contributed by atoms with Crippen molar-refractivity contribution in [2.24, 2.45) is 0 Å². The van der Waals surface area contributed by atoms with Crippen LogP contribution in [0.4, 0.5) is 26.3 Å². The summed E-state index contributed by atoms with van der Waals surface area (Å²) in [5.41, 5.74) is -0.122. The van der Waals surface area contributed by atoms with Crippen LogP contribution in [0, 0.1) is 12.7 Å². The van der Waals surface area contributed by atoms with E-state index in [1.165, 1.54) is 0 Å². The molecule has 6 nitrogen and oxygen atoms in total. The third-order valence-electron chi connectivity index (χ3n) is 7.45. The molecule has 12 heteroatoms. The Balaban J connectivity index is 1.45. The van der Waals surface area contributed by atoms with Gasteiger partial charge in [0.05, 0.1) is 38.2 Å². The zero-order valence-corrected chi connectivity index (χ0v) is 24.8. The summed E-state index contributed by atoms with van der Waals surface area (Å²) in [7, 11) is 0. The number of benzene rings is 3. The molecule has 1 fully saturated rings. The van der Waals surface area contributed by atoms with Crippen LogP contribution in [0.25, 0.3) is 0 Å². The second-order valence-corrected chi connectivity index (χ2v) is 10.9. The summed E-state index contributed by atoms with van der Waals surface area (Å²) >= 11 is 0. The maximum absolute atomic E-state index is 15.4. The van der Waals surface area contributed by atoms with E-state index in [1.807, 2.05) is 91.0 Å². The molecule has 0 spiro atoms. The summed E-state index contributed by atoms with van der Waals surface area (Å²) in [6.45, 7) is 1.65. The molecule has 0 bridgehead atoms. The van der Waals surface area contributed by atoms with Gasteiger partial charge < -0.3 is 18.9 Å². The summed E-state index contributed by atoms with van der Waals surface area (Å²) in [5, 5.41) is 0. The third-order valence-corrected chi connectivity index (χ3v) is 7.45. The minimum atomic E-state index is -6.06. The van der Waals surface area contributed by atoms with Crippen molar-refractivity contribution in [3.8, 4) is 0 Å². The fraction of sp³-hybridized carbons (Fsp3) is 0.353. The van der Waals surface area contributed by atoms with Crippen molar-refractivity contribution in [2.75, 3.05) is 6.61 Å². The van der Waals surface area contributed by atoms with E-state index in [1.54, 1.807) is 0 Å². The Morgan fingerprint density at radius 2 is 1.15 bits per heavy atom. The van der Waals surface area contributed by atoms with Gasteiger partial charge in [0.2, 0.25) is 0 Å². The maximum Gasteiger partial charge on any atom is 0.459 e. The third kappa shape index (κ3) is 8.11. The van der Waals surface area contributed by atoms with Gasteiger partial charge in [-0.1, -0.05) is 91.0 Å². The van der Waals surface area contributed by atoms with E-state index in [0.29, 0.717) is 0 Å². The van der Waals surface area contributed by atoms with Crippen LogP contribution in [0.2, 0.25) is 0 Å². The van der Waals surface area contributed by atoms with Gasteiger partial charge in [-0.3, -0.25) is 0 Å². The first-order valence-corrected chi connectivity index (χ1v) is 14.6. The number of aromatic nitrogens is 2. The van der Waals surface area contributed by atoms with Gasteiger partial charge in [0.1, 0.15) is 24.1 Å². The van der Waals surface area contributed by atoms with Crippen LogP contribution in [0.5, 0.6) is 0 Å². The molecule has 1 aliphatic rings. The average Bonchev–Trinajstić information content (AvgIpc) is 3.36. The van der Waals surface area contributed by atoms with E-state index < -0.39 is 66.0 Å². The quantitative estimate of drug-likeness (QED) is 0.142. The Labute approximate surface area is 262 Å². The van der Waals surface area contributed by atoms with Gasteiger partial charge in [0.15, 0.2) is 11.5 Å². The van der Waals surface area contributed by atoms with Crippen LogP contribution >= 0.6 is 0 Å². The average molecular weight is 647 g/mol. The van der Waals surface area contributed by atoms with Gasteiger partial charge in [-0.25, -0.2) is 14.4 Å². The Morgan fingerprint density at radius 3 is 1.65 bits per heavy atom. The van der Waals surface area contributed by atoms with Gasteiger partial charge in [-0.2, -0.15) is 22.0 Å². The van der Waals surface area contributed by atoms with Gasteiger partial charge >= 0.3 is 12.1 Å². The van der Waals surface area contributed by atoms with Crippen molar-refractivity contribution in [1.29, 1.82) is 0 Å². The van der Waals surface area contributed by atoms with E-state index in [2.05, 4.69) is 9.97 Å². The van der Waals surface area contributed by atoms with Crippen LogP contribution in [-0.4, -0.2) is 47.2 Å². The Morgan fingerprint density at radius 1 is 0.674 bits per heavy atom. The number of rotatable bonds is 13. The van der Waals surface area contributed by atoms with Crippen LogP contribution in [-0.2, 0) is 51.1 Å². The summed E-state index contributed by atoms with van der Waals surface area (Å²) in [6, 6.07) is 27.9. The molecule has 1 saturated heterocycles. The molecule has 2 heterocycles. The van der Waals surface area contributed by atoms with Crippen LogP contribution in [0.15, 0.2) is 91.0 Å². The number of hydrogen-bond donors (Lipinski definition) is 0. The number of halogens is 6. The largest absolute Gasteiger partial charge is 0.459 e. The molecule has 0 amide bonds. The molecule has 5 rings (SSSR count). The summed E-state index contributed by atoms with van der Waals surface area (Å²) < 4.78 is 108. The van der Waals surface area contributed by atoms with E-state index in [-0.39, 0.29) is 26.4 Å². The molecule has 3 aromatic carbocycles. The normalized spacial score (nSPS) is 20.2. The maximum atomic E-state index is 15.4. The number of alkyl halides is 5. The van der Waals surface area contributed by atoms with Gasteiger partial charge in [-0.05, 0) is 23.6 Å². The molecule has 4 atom stereocenters. The van der Waals surface area contributed by atoms with Crippen molar-refractivity contribution < 1.29 is 45.3 Å². The molecule has 0 N–H and O–H groups in total. The predicted molar refractivity (Wildman–Crippen MR) is 155 cm³/mol. The van der Waals surface area contributed by atoms with Crippen LogP contribution in [0.1, 0.15) is 33.9 Å². The fourth-order valence-corrected chi connectivity index (χ4v) is 5.19. The monoisotopic (exact) mass is 646 g/mol. The Bertz CT molecular complexity index is 1540. The molecule has 4 aromatic rings. The Kier molecular flexibility index (Phi) is 10.7. The molecule has 0 saturated carbocycles. The highest BCUT2D eigenvalue weighted by Gasteiger charge is 2.61. The molecule has 4 unspecified atom stereocenters. The first-order valence-electron chi connectivity index (χ1n) is 14.6. The standard InChI is InChI=1S/C34H32F6N2O4/c1-22-41-26(29(35)32(42-22)33(36,37)34(38,39)40)17-27-30(44-19-24-13-7-3-8-14-24)31(45-20-25-15-9-4-10-16-25)28(46-27)21-43-18-23-11-5-2-6-12-23/h2-16,27-28,30-31H,17-21H2,1H3. The topological polar surface area (TPSA) is 62.7 Å². The highest BCUT2D eigenvalue weighted by Crippen LogP contribution is 2.44. The van der Waals surface area contributed by atoms with Crippen molar-refractivity contribution in [2.45, 2.75) is 69.7 Å². The lowest BCUT2D eigenvalue weighted by Crippen LogP contribution is -2.40. The lowest BCUT2D eigenvalue weighted by Gasteiger charge is -2.25.